The lowest BCUT2D eigenvalue weighted by Gasteiger charge is -2.54. The van der Waals surface area contributed by atoms with Crippen molar-refractivity contribution in [1.82, 2.24) is 9.80 Å². The van der Waals surface area contributed by atoms with Crippen molar-refractivity contribution >= 4 is 23.7 Å². The fraction of sp³-hybridized carbons (Fsp3) is 0.867. The van der Waals surface area contributed by atoms with E-state index in [4.69, 9.17) is 14.2 Å². The summed E-state index contributed by atoms with van der Waals surface area (Å²) in [6.07, 6.45) is 2.16. The molecule has 3 aliphatic rings. The van der Waals surface area contributed by atoms with Crippen molar-refractivity contribution in [3.8, 4) is 0 Å². The van der Waals surface area contributed by atoms with Gasteiger partial charge < -0.3 is 19.3 Å². The fourth-order valence-corrected chi connectivity index (χ4v) is 7.24. The van der Waals surface area contributed by atoms with E-state index >= 15 is 0 Å². The Morgan fingerprint density at radius 1 is 0.750 bits per heavy atom. The van der Waals surface area contributed by atoms with Gasteiger partial charge in [-0.1, -0.05) is 0 Å². The molecule has 0 aromatic heterocycles. The van der Waals surface area contributed by atoms with E-state index < -0.39 is 23.8 Å². The van der Waals surface area contributed by atoms with Gasteiger partial charge in [-0.05, 0) is 68.2 Å². The topological polar surface area (TPSA) is 123 Å². The molecule has 40 heavy (non-hydrogen) atoms. The first-order valence-corrected chi connectivity index (χ1v) is 14.6. The van der Waals surface area contributed by atoms with Crippen LogP contribution in [0.5, 0.6) is 0 Å². The molecule has 0 spiro atoms. The molecule has 3 rings (SSSR count). The van der Waals surface area contributed by atoms with Crippen molar-refractivity contribution in [3.63, 3.8) is 0 Å². The number of Topliss-reactive ketones (excluding diaryl/α,β-unsaturated/α-hetero) is 1. The lowest BCUT2D eigenvalue weighted by atomic mass is 9.78. The van der Waals surface area contributed by atoms with Gasteiger partial charge in [0.2, 0.25) is 0 Å². The van der Waals surface area contributed by atoms with Crippen molar-refractivity contribution in [2.45, 2.75) is 135 Å². The highest BCUT2D eigenvalue weighted by Crippen LogP contribution is 2.40. The molecule has 0 amide bonds. The first-order chi connectivity index (χ1) is 18.3. The first-order valence-electron chi connectivity index (χ1n) is 14.6. The van der Waals surface area contributed by atoms with Crippen LogP contribution >= 0.6 is 0 Å². The average Bonchev–Trinajstić information content (AvgIpc) is 3.51. The third-order valence-corrected chi connectivity index (χ3v) is 8.74. The number of piperidine rings is 2. The predicted octanol–water partition coefficient (Wildman–Crippen LogP) is 3.02. The van der Waals surface area contributed by atoms with Crippen LogP contribution in [-0.4, -0.2) is 99.3 Å². The standard InChI is InChI=1S/C30H50N2O8/c1-27(2)16-20(33)17-28(3,4)31(27)11-13-38-24(35)9-10-25(36)39-14-12-32-29(5,6)18-21(19-30(32,7)8)40-26(37)22-15-23(22)34/h20-22,33H,9-19H2,1-8H3. The lowest BCUT2D eigenvalue weighted by molar-refractivity contribution is -0.164. The highest BCUT2D eigenvalue weighted by molar-refractivity contribution is 6.12. The Balaban J connectivity index is 1.37. The SMILES string of the molecule is CC1(C)CC(O)CC(C)(C)N1CCOC(=O)CCC(=O)OCCN1C(C)(C)CC(OC(=O)C2CC2=O)CC1(C)C. The maximum absolute atomic E-state index is 12.3. The number of rotatable bonds is 11. The Bertz CT molecular complexity index is 937. The second-order valence-electron chi connectivity index (χ2n) is 14.2. The monoisotopic (exact) mass is 566 g/mol. The minimum Gasteiger partial charge on any atom is -0.464 e. The number of aliphatic hydroxyl groups excluding tert-OH is 1. The maximum Gasteiger partial charge on any atom is 0.317 e. The van der Waals surface area contributed by atoms with Crippen LogP contribution in [-0.2, 0) is 33.4 Å². The number of aliphatic hydroxyl groups is 1. The summed E-state index contributed by atoms with van der Waals surface area (Å²) >= 11 is 0. The van der Waals surface area contributed by atoms with Crippen LogP contribution in [0.25, 0.3) is 0 Å². The molecule has 2 heterocycles. The van der Waals surface area contributed by atoms with Gasteiger partial charge in [-0.15, -0.1) is 0 Å². The van der Waals surface area contributed by atoms with Gasteiger partial charge in [0, 0.05) is 54.5 Å². The molecule has 10 heteroatoms. The molecule has 0 radical (unpaired) electrons. The highest BCUT2D eigenvalue weighted by atomic mass is 16.5. The van der Waals surface area contributed by atoms with Crippen molar-refractivity contribution < 1.29 is 38.5 Å². The van der Waals surface area contributed by atoms with E-state index in [1.54, 1.807) is 0 Å². The second kappa shape index (κ2) is 12.1. The largest absolute Gasteiger partial charge is 0.464 e. The number of ether oxygens (including phenoxy) is 3. The summed E-state index contributed by atoms with van der Waals surface area (Å²) in [6.45, 7) is 18.1. The van der Waals surface area contributed by atoms with E-state index in [0.717, 1.165) is 0 Å². The van der Waals surface area contributed by atoms with Crippen molar-refractivity contribution in [3.05, 3.63) is 0 Å². The number of nitrogens with zero attached hydrogens (tertiary/aromatic N) is 2. The van der Waals surface area contributed by atoms with Gasteiger partial charge in [-0.25, -0.2) is 0 Å². The van der Waals surface area contributed by atoms with E-state index in [0.29, 0.717) is 38.8 Å². The molecule has 0 aromatic rings. The molecular weight excluding hydrogens is 516 g/mol. The summed E-state index contributed by atoms with van der Waals surface area (Å²) in [5.41, 5.74) is -1.05. The maximum atomic E-state index is 12.3. The van der Waals surface area contributed by atoms with E-state index in [-0.39, 0.29) is 72.6 Å². The molecule has 1 aliphatic carbocycles. The third-order valence-electron chi connectivity index (χ3n) is 8.74. The molecule has 228 valence electrons. The van der Waals surface area contributed by atoms with E-state index in [2.05, 4.69) is 65.2 Å². The Hall–Kier alpha value is -2.04. The average molecular weight is 567 g/mol. The number of esters is 3. The van der Waals surface area contributed by atoms with Gasteiger partial charge in [-0.2, -0.15) is 0 Å². The summed E-state index contributed by atoms with van der Waals surface area (Å²) < 4.78 is 16.5. The Kier molecular flexibility index (Phi) is 9.79. The van der Waals surface area contributed by atoms with Crippen molar-refractivity contribution in [1.29, 1.82) is 0 Å². The minimum atomic E-state index is -0.579. The van der Waals surface area contributed by atoms with Crippen LogP contribution in [0.3, 0.4) is 0 Å². The second-order valence-corrected chi connectivity index (χ2v) is 14.2. The van der Waals surface area contributed by atoms with Crippen LogP contribution in [0.15, 0.2) is 0 Å². The zero-order chi connectivity index (χ0) is 30.1. The van der Waals surface area contributed by atoms with Gasteiger partial charge >= 0.3 is 17.9 Å². The van der Waals surface area contributed by atoms with Crippen LogP contribution in [0.1, 0.15) is 100 Å². The molecule has 10 nitrogen and oxygen atoms in total. The Labute approximate surface area is 239 Å². The van der Waals surface area contributed by atoms with Gasteiger partial charge in [0.05, 0.1) is 18.9 Å². The molecule has 1 unspecified atom stereocenters. The number of carbonyl (C=O) groups excluding carboxylic acids is 4. The van der Waals surface area contributed by atoms with Gasteiger partial charge in [0.25, 0.3) is 0 Å². The van der Waals surface area contributed by atoms with Gasteiger partial charge in [-0.3, -0.25) is 29.0 Å². The van der Waals surface area contributed by atoms with Crippen LogP contribution in [0.4, 0.5) is 0 Å². The molecule has 1 atom stereocenters. The summed E-state index contributed by atoms with van der Waals surface area (Å²) in [7, 11) is 0. The number of likely N-dealkylation sites (tertiary alicyclic amines) is 2. The summed E-state index contributed by atoms with van der Waals surface area (Å²) in [6, 6.07) is 0. The number of hydrogen-bond acceptors (Lipinski definition) is 10. The molecule has 1 saturated carbocycles. The third kappa shape index (κ3) is 8.26. The Morgan fingerprint density at radius 2 is 1.12 bits per heavy atom. The minimum absolute atomic E-state index is 0.0401. The number of hydrogen-bond donors (Lipinski definition) is 1. The van der Waals surface area contributed by atoms with Crippen LogP contribution in [0.2, 0.25) is 0 Å². The van der Waals surface area contributed by atoms with Crippen LogP contribution in [0, 0.1) is 5.92 Å². The summed E-state index contributed by atoms with van der Waals surface area (Å²) in [5, 5.41) is 10.2. The van der Waals surface area contributed by atoms with Gasteiger partial charge in [0.1, 0.15) is 31.0 Å². The summed E-state index contributed by atoms with van der Waals surface area (Å²) in [4.78, 5) is 52.6. The fourth-order valence-electron chi connectivity index (χ4n) is 7.24. The quantitative estimate of drug-likeness (QED) is 0.227. The predicted molar refractivity (Wildman–Crippen MR) is 148 cm³/mol. The Morgan fingerprint density at radius 3 is 1.50 bits per heavy atom. The summed E-state index contributed by atoms with van der Waals surface area (Å²) in [5.74, 6) is -1.93. The number of carbonyl (C=O) groups is 4. The zero-order valence-corrected chi connectivity index (χ0v) is 25.7. The van der Waals surface area contributed by atoms with Gasteiger partial charge in [0.15, 0.2) is 0 Å². The van der Waals surface area contributed by atoms with E-state index in [1.165, 1.54) is 0 Å². The molecule has 2 aliphatic heterocycles. The molecular formula is C30H50N2O8. The normalized spacial score (nSPS) is 26.2. The van der Waals surface area contributed by atoms with Crippen LogP contribution < -0.4 is 0 Å². The highest BCUT2D eigenvalue weighted by Gasteiger charge is 2.49. The van der Waals surface area contributed by atoms with Crippen molar-refractivity contribution in [2.75, 3.05) is 26.3 Å². The zero-order valence-electron chi connectivity index (χ0n) is 25.7. The molecule has 1 N–H and O–H groups in total. The lowest BCUT2D eigenvalue weighted by Crippen LogP contribution is -2.63. The molecule has 2 saturated heterocycles. The van der Waals surface area contributed by atoms with E-state index in [1.807, 2.05) is 0 Å². The molecule has 3 fully saturated rings. The first kappa shape index (κ1) is 32.5. The smallest absolute Gasteiger partial charge is 0.317 e. The number of ketones is 1. The van der Waals surface area contributed by atoms with Crippen molar-refractivity contribution in [2.24, 2.45) is 5.92 Å². The van der Waals surface area contributed by atoms with E-state index in [9.17, 15) is 24.3 Å². The molecule has 0 bridgehead atoms. The molecule has 0 aromatic carbocycles.